The van der Waals surface area contributed by atoms with Crippen LogP contribution in [-0.2, 0) is 11.2 Å². The van der Waals surface area contributed by atoms with Crippen molar-refractivity contribution < 1.29 is 18.4 Å². The Bertz CT molecular complexity index is 1030. The SMILES string of the molecule is Cc1ccc(-c2nc(CCNC(=O)CCNC(=O)c3ccc(F)cc3Cl)co2)cc1. The Morgan fingerprint density at radius 1 is 1.10 bits per heavy atom. The number of nitrogens with one attached hydrogen (secondary N) is 2. The minimum absolute atomic E-state index is 0.0228. The first kappa shape index (κ1) is 21.5. The number of nitrogens with zero attached hydrogens (tertiary/aromatic N) is 1. The van der Waals surface area contributed by atoms with Crippen molar-refractivity contribution in [1.29, 1.82) is 0 Å². The molecule has 0 aliphatic rings. The second-order valence-corrected chi connectivity index (χ2v) is 7.15. The molecular weight excluding hydrogens is 409 g/mol. The summed E-state index contributed by atoms with van der Waals surface area (Å²) >= 11 is 5.85. The van der Waals surface area contributed by atoms with Gasteiger partial charge in [-0.05, 0) is 37.3 Å². The number of carbonyl (C=O) groups excluding carboxylic acids is 2. The standard InChI is InChI=1S/C22H21ClFN3O3/c1-14-2-4-15(5-3-14)22-27-17(13-30-22)8-10-25-20(28)9-11-26-21(29)18-7-6-16(24)12-19(18)23/h2-7,12-13H,8-11H2,1H3,(H,25,28)(H,26,29). The summed E-state index contributed by atoms with van der Waals surface area (Å²) in [5, 5.41) is 5.38. The van der Waals surface area contributed by atoms with Crippen molar-refractivity contribution in [1.82, 2.24) is 15.6 Å². The minimum Gasteiger partial charge on any atom is -0.444 e. The predicted molar refractivity (Wildman–Crippen MR) is 112 cm³/mol. The van der Waals surface area contributed by atoms with Crippen molar-refractivity contribution in [2.24, 2.45) is 0 Å². The van der Waals surface area contributed by atoms with Crippen LogP contribution in [0.4, 0.5) is 4.39 Å². The molecule has 6 nitrogen and oxygen atoms in total. The Morgan fingerprint density at radius 3 is 2.60 bits per heavy atom. The fourth-order valence-corrected chi connectivity index (χ4v) is 2.98. The van der Waals surface area contributed by atoms with Gasteiger partial charge in [0.05, 0.1) is 16.3 Å². The van der Waals surface area contributed by atoms with Crippen LogP contribution in [0.3, 0.4) is 0 Å². The van der Waals surface area contributed by atoms with E-state index >= 15 is 0 Å². The highest BCUT2D eigenvalue weighted by molar-refractivity contribution is 6.33. The highest BCUT2D eigenvalue weighted by atomic mass is 35.5. The Morgan fingerprint density at radius 2 is 1.87 bits per heavy atom. The van der Waals surface area contributed by atoms with Crippen molar-refractivity contribution in [3.63, 3.8) is 0 Å². The van der Waals surface area contributed by atoms with Gasteiger partial charge in [-0.2, -0.15) is 0 Å². The second kappa shape index (κ2) is 10.0. The van der Waals surface area contributed by atoms with Gasteiger partial charge >= 0.3 is 0 Å². The van der Waals surface area contributed by atoms with Gasteiger partial charge < -0.3 is 15.1 Å². The molecule has 3 aromatic rings. The van der Waals surface area contributed by atoms with Crippen molar-refractivity contribution in [3.05, 3.63) is 76.4 Å². The van der Waals surface area contributed by atoms with Crippen molar-refractivity contribution in [2.45, 2.75) is 19.8 Å². The molecule has 0 fully saturated rings. The van der Waals surface area contributed by atoms with Crippen LogP contribution in [0.5, 0.6) is 0 Å². The summed E-state index contributed by atoms with van der Waals surface area (Å²) in [5.74, 6) is -0.644. The summed E-state index contributed by atoms with van der Waals surface area (Å²) in [6, 6.07) is 11.4. The molecule has 156 valence electrons. The minimum atomic E-state index is -0.519. The molecule has 2 N–H and O–H groups in total. The van der Waals surface area contributed by atoms with E-state index in [1.165, 1.54) is 6.07 Å². The molecule has 0 radical (unpaired) electrons. The van der Waals surface area contributed by atoms with E-state index < -0.39 is 11.7 Å². The molecule has 0 saturated carbocycles. The first-order chi connectivity index (χ1) is 14.4. The molecule has 2 aromatic carbocycles. The van der Waals surface area contributed by atoms with Crippen LogP contribution < -0.4 is 10.6 Å². The number of aryl methyl sites for hydroxylation is 1. The van der Waals surface area contributed by atoms with Crippen LogP contribution in [0.2, 0.25) is 5.02 Å². The van der Waals surface area contributed by atoms with E-state index in [1.807, 2.05) is 31.2 Å². The average Bonchev–Trinajstić information content (AvgIpc) is 3.17. The van der Waals surface area contributed by atoms with Gasteiger partial charge in [-0.15, -0.1) is 0 Å². The van der Waals surface area contributed by atoms with Crippen LogP contribution in [0.15, 0.2) is 53.1 Å². The number of hydrogen-bond donors (Lipinski definition) is 2. The molecule has 0 saturated heterocycles. The number of rotatable bonds is 8. The maximum absolute atomic E-state index is 13.0. The summed E-state index contributed by atoms with van der Waals surface area (Å²) in [6.45, 7) is 2.55. The van der Waals surface area contributed by atoms with E-state index in [9.17, 15) is 14.0 Å². The largest absolute Gasteiger partial charge is 0.444 e. The lowest BCUT2D eigenvalue weighted by molar-refractivity contribution is -0.120. The van der Waals surface area contributed by atoms with Crippen molar-refractivity contribution >= 4 is 23.4 Å². The molecule has 1 heterocycles. The summed E-state index contributed by atoms with van der Waals surface area (Å²) in [4.78, 5) is 28.4. The lowest BCUT2D eigenvalue weighted by atomic mass is 10.1. The Labute approximate surface area is 178 Å². The van der Waals surface area contributed by atoms with Gasteiger partial charge in [0.1, 0.15) is 12.1 Å². The molecule has 0 atom stereocenters. The van der Waals surface area contributed by atoms with E-state index in [0.29, 0.717) is 18.9 Å². The highest BCUT2D eigenvalue weighted by Crippen LogP contribution is 2.19. The number of carbonyl (C=O) groups is 2. The third kappa shape index (κ3) is 5.90. The fourth-order valence-electron chi connectivity index (χ4n) is 2.73. The maximum Gasteiger partial charge on any atom is 0.252 e. The van der Waals surface area contributed by atoms with Crippen LogP contribution in [0, 0.1) is 12.7 Å². The number of oxazole rings is 1. The molecule has 0 spiro atoms. The van der Waals surface area contributed by atoms with Gasteiger partial charge in [0.2, 0.25) is 11.8 Å². The van der Waals surface area contributed by atoms with Crippen molar-refractivity contribution in [2.75, 3.05) is 13.1 Å². The first-order valence-corrected chi connectivity index (χ1v) is 9.81. The monoisotopic (exact) mass is 429 g/mol. The van der Waals surface area contributed by atoms with Crippen LogP contribution in [0.25, 0.3) is 11.5 Å². The van der Waals surface area contributed by atoms with Gasteiger partial charge in [-0.3, -0.25) is 9.59 Å². The molecule has 0 aliphatic carbocycles. The predicted octanol–water partition coefficient (Wildman–Crippen LogP) is 3.92. The topological polar surface area (TPSA) is 84.2 Å². The van der Waals surface area contributed by atoms with E-state index in [0.717, 1.165) is 29.0 Å². The zero-order valence-corrected chi connectivity index (χ0v) is 17.1. The summed E-state index contributed by atoms with van der Waals surface area (Å²) in [7, 11) is 0. The van der Waals surface area contributed by atoms with Crippen molar-refractivity contribution in [3.8, 4) is 11.5 Å². The molecule has 30 heavy (non-hydrogen) atoms. The lowest BCUT2D eigenvalue weighted by Gasteiger charge is -2.07. The number of benzene rings is 2. The van der Waals surface area contributed by atoms with Crippen LogP contribution in [0.1, 0.15) is 28.0 Å². The fraction of sp³-hybridized carbons (Fsp3) is 0.227. The molecule has 0 bridgehead atoms. The molecule has 0 unspecified atom stereocenters. The number of halogens is 2. The van der Waals surface area contributed by atoms with Gasteiger partial charge in [0, 0.05) is 31.5 Å². The van der Waals surface area contributed by atoms with Crippen LogP contribution >= 0.6 is 11.6 Å². The molecule has 1 aromatic heterocycles. The molecular formula is C22H21ClFN3O3. The van der Waals surface area contributed by atoms with E-state index in [-0.39, 0.29) is 29.5 Å². The van der Waals surface area contributed by atoms with Gasteiger partial charge in [0.15, 0.2) is 0 Å². The first-order valence-electron chi connectivity index (χ1n) is 9.44. The van der Waals surface area contributed by atoms with E-state index in [1.54, 1.807) is 6.26 Å². The number of hydrogen-bond acceptors (Lipinski definition) is 4. The van der Waals surface area contributed by atoms with E-state index in [4.69, 9.17) is 16.0 Å². The third-order valence-corrected chi connectivity index (χ3v) is 4.68. The van der Waals surface area contributed by atoms with Gasteiger partial charge in [-0.25, -0.2) is 9.37 Å². The highest BCUT2D eigenvalue weighted by Gasteiger charge is 2.12. The quantitative estimate of drug-likeness (QED) is 0.568. The maximum atomic E-state index is 13.0. The smallest absolute Gasteiger partial charge is 0.252 e. The average molecular weight is 430 g/mol. The number of amides is 2. The summed E-state index contributed by atoms with van der Waals surface area (Å²) in [6.07, 6.45) is 2.21. The van der Waals surface area contributed by atoms with Gasteiger partial charge in [0.25, 0.3) is 5.91 Å². The third-order valence-electron chi connectivity index (χ3n) is 4.37. The molecule has 8 heteroatoms. The molecule has 2 amide bonds. The second-order valence-electron chi connectivity index (χ2n) is 6.74. The lowest BCUT2D eigenvalue weighted by Crippen LogP contribution is -2.31. The normalized spacial score (nSPS) is 10.6. The Hall–Kier alpha value is -3.19. The summed E-state index contributed by atoms with van der Waals surface area (Å²) in [5.41, 5.74) is 2.96. The molecule has 0 aliphatic heterocycles. The summed E-state index contributed by atoms with van der Waals surface area (Å²) < 4.78 is 18.5. The number of aromatic nitrogens is 1. The van der Waals surface area contributed by atoms with Crippen LogP contribution in [-0.4, -0.2) is 29.9 Å². The zero-order valence-electron chi connectivity index (χ0n) is 16.4. The van der Waals surface area contributed by atoms with Gasteiger partial charge in [-0.1, -0.05) is 29.3 Å². The van der Waals surface area contributed by atoms with E-state index in [2.05, 4.69) is 15.6 Å². The Balaban J connectivity index is 1.38. The Kier molecular flexibility index (Phi) is 7.19. The zero-order chi connectivity index (χ0) is 21.5. The molecule has 3 rings (SSSR count).